The van der Waals surface area contributed by atoms with Crippen molar-refractivity contribution >= 4 is 34.3 Å². The van der Waals surface area contributed by atoms with Gasteiger partial charge in [0, 0.05) is 21.5 Å². The van der Waals surface area contributed by atoms with Gasteiger partial charge in [0.1, 0.15) is 10.8 Å². The highest BCUT2D eigenvalue weighted by Crippen LogP contribution is 2.35. The lowest BCUT2D eigenvalue weighted by Crippen LogP contribution is -2.12. The largest absolute Gasteiger partial charge is 0.321 e. The minimum Gasteiger partial charge on any atom is -0.321 e. The van der Waals surface area contributed by atoms with Gasteiger partial charge in [-0.3, -0.25) is 4.79 Å². The summed E-state index contributed by atoms with van der Waals surface area (Å²) in [6.45, 7) is 3.89. The van der Waals surface area contributed by atoms with E-state index in [1.54, 1.807) is 28.7 Å². The van der Waals surface area contributed by atoms with Crippen molar-refractivity contribution < 1.29 is 9.18 Å². The number of halogens is 1. The van der Waals surface area contributed by atoms with Crippen molar-refractivity contribution in [2.45, 2.75) is 13.8 Å². The van der Waals surface area contributed by atoms with Crippen molar-refractivity contribution in [1.82, 2.24) is 4.98 Å². The van der Waals surface area contributed by atoms with Gasteiger partial charge in [0.25, 0.3) is 5.91 Å². The van der Waals surface area contributed by atoms with Crippen molar-refractivity contribution in [1.29, 1.82) is 0 Å². The quantitative estimate of drug-likeness (QED) is 0.743. The lowest BCUT2D eigenvalue weighted by atomic mass is 10.2. The Kier molecular flexibility index (Phi) is 4.04. The van der Waals surface area contributed by atoms with E-state index in [0.717, 1.165) is 26.1 Å². The van der Waals surface area contributed by atoms with Gasteiger partial charge >= 0.3 is 0 Å². The maximum absolute atomic E-state index is 13.2. The van der Waals surface area contributed by atoms with Crippen LogP contribution in [-0.4, -0.2) is 10.9 Å². The molecule has 0 spiro atoms. The van der Waals surface area contributed by atoms with Gasteiger partial charge in [-0.15, -0.1) is 22.7 Å². The van der Waals surface area contributed by atoms with Crippen LogP contribution in [0.15, 0.2) is 35.7 Å². The van der Waals surface area contributed by atoms with E-state index in [-0.39, 0.29) is 5.91 Å². The van der Waals surface area contributed by atoms with Crippen LogP contribution in [0.2, 0.25) is 0 Å². The van der Waals surface area contributed by atoms with Gasteiger partial charge in [0.15, 0.2) is 0 Å². The fourth-order valence-corrected chi connectivity index (χ4v) is 3.84. The smallest absolute Gasteiger partial charge is 0.255 e. The van der Waals surface area contributed by atoms with E-state index in [4.69, 9.17) is 0 Å². The monoisotopic (exact) mass is 332 g/mol. The van der Waals surface area contributed by atoms with Crippen LogP contribution in [0.5, 0.6) is 0 Å². The fourth-order valence-electron chi connectivity index (χ4n) is 2.00. The zero-order valence-electron chi connectivity index (χ0n) is 12.0. The summed E-state index contributed by atoms with van der Waals surface area (Å²) < 4.78 is 13.2. The number of thiazole rings is 1. The molecule has 1 aromatic carbocycles. The van der Waals surface area contributed by atoms with Crippen LogP contribution >= 0.6 is 22.7 Å². The first-order valence-corrected chi connectivity index (χ1v) is 8.32. The summed E-state index contributed by atoms with van der Waals surface area (Å²) in [5.74, 6) is -0.740. The van der Waals surface area contributed by atoms with Crippen LogP contribution in [0.25, 0.3) is 9.88 Å². The molecular formula is C16H13FN2OS2. The normalized spacial score (nSPS) is 10.7. The van der Waals surface area contributed by atoms with E-state index in [9.17, 15) is 9.18 Å². The summed E-state index contributed by atoms with van der Waals surface area (Å²) >= 11 is 3.16. The highest BCUT2D eigenvalue weighted by Gasteiger charge is 2.13. The summed E-state index contributed by atoms with van der Waals surface area (Å²) in [4.78, 5) is 18.6. The highest BCUT2D eigenvalue weighted by atomic mass is 32.1. The van der Waals surface area contributed by atoms with Crippen molar-refractivity contribution in [3.05, 3.63) is 57.7 Å². The molecule has 0 radical (unpaired) electrons. The molecule has 3 rings (SSSR count). The van der Waals surface area contributed by atoms with Crippen molar-refractivity contribution in [2.75, 3.05) is 5.32 Å². The molecule has 3 aromatic rings. The molecule has 0 fully saturated rings. The molecule has 1 amide bonds. The molecular weight excluding hydrogens is 319 g/mol. The van der Waals surface area contributed by atoms with E-state index in [2.05, 4.69) is 10.3 Å². The van der Waals surface area contributed by atoms with Gasteiger partial charge in [0.2, 0.25) is 0 Å². The topological polar surface area (TPSA) is 42.0 Å². The first kappa shape index (κ1) is 14.9. The van der Waals surface area contributed by atoms with E-state index in [0.29, 0.717) is 5.56 Å². The molecule has 6 heteroatoms. The summed E-state index contributed by atoms with van der Waals surface area (Å²) in [6, 6.07) is 7.56. The van der Waals surface area contributed by atoms with Gasteiger partial charge in [-0.05, 0) is 38.1 Å². The first-order valence-electron chi connectivity index (χ1n) is 6.63. The molecule has 0 saturated carbocycles. The molecule has 2 heterocycles. The summed E-state index contributed by atoms with van der Waals surface area (Å²) in [5.41, 5.74) is 2.02. The predicted octanol–water partition coefficient (Wildman–Crippen LogP) is 4.88. The Hall–Kier alpha value is -2.05. The SMILES string of the molecule is Cc1csc(-c2cc(NC(=O)c3cccc(F)c3)c(C)s2)n1. The van der Waals surface area contributed by atoms with E-state index < -0.39 is 5.82 Å². The first-order chi connectivity index (χ1) is 10.5. The standard InChI is InChI=1S/C16H13FN2OS2/c1-9-8-21-16(18-9)14-7-13(10(2)22-14)19-15(20)11-4-3-5-12(17)6-11/h3-8H,1-2H3,(H,19,20). The Balaban J connectivity index is 1.84. The number of carbonyl (C=O) groups excluding carboxylic acids is 1. The summed E-state index contributed by atoms with van der Waals surface area (Å²) in [7, 11) is 0. The number of rotatable bonds is 3. The van der Waals surface area contributed by atoms with Crippen molar-refractivity contribution in [3.8, 4) is 9.88 Å². The Bertz CT molecular complexity index is 838. The summed E-state index contributed by atoms with van der Waals surface area (Å²) in [6.07, 6.45) is 0. The zero-order chi connectivity index (χ0) is 15.7. The van der Waals surface area contributed by atoms with Crippen molar-refractivity contribution in [2.24, 2.45) is 0 Å². The average molecular weight is 332 g/mol. The van der Waals surface area contributed by atoms with E-state index in [1.165, 1.54) is 18.2 Å². The predicted molar refractivity (Wildman–Crippen MR) is 89.3 cm³/mol. The molecule has 112 valence electrons. The van der Waals surface area contributed by atoms with Crippen LogP contribution in [-0.2, 0) is 0 Å². The third kappa shape index (κ3) is 3.08. The molecule has 22 heavy (non-hydrogen) atoms. The van der Waals surface area contributed by atoms with Gasteiger partial charge in [0.05, 0.1) is 10.6 Å². The maximum atomic E-state index is 13.2. The highest BCUT2D eigenvalue weighted by molar-refractivity contribution is 7.21. The number of carbonyl (C=O) groups is 1. The molecule has 0 aliphatic rings. The van der Waals surface area contributed by atoms with Crippen LogP contribution in [0.4, 0.5) is 10.1 Å². The van der Waals surface area contributed by atoms with Crippen LogP contribution < -0.4 is 5.32 Å². The van der Waals surface area contributed by atoms with E-state index >= 15 is 0 Å². The Morgan fingerprint density at radius 3 is 2.77 bits per heavy atom. The number of nitrogens with one attached hydrogen (secondary N) is 1. The molecule has 0 unspecified atom stereocenters. The maximum Gasteiger partial charge on any atom is 0.255 e. The molecule has 0 aliphatic carbocycles. The second kappa shape index (κ2) is 5.98. The minimum absolute atomic E-state index is 0.303. The lowest BCUT2D eigenvalue weighted by Gasteiger charge is -2.04. The Morgan fingerprint density at radius 1 is 1.27 bits per heavy atom. The zero-order valence-corrected chi connectivity index (χ0v) is 13.6. The number of nitrogens with zero attached hydrogens (tertiary/aromatic N) is 1. The molecule has 1 N–H and O–H groups in total. The number of amides is 1. The Labute approximate surface area is 135 Å². The third-order valence-electron chi connectivity index (χ3n) is 3.08. The number of hydrogen-bond acceptors (Lipinski definition) is 4. The lowest BCUT2D eigenvalue weighted by molar-refractivity contribution is 0.102. The molecule has 0 bridgehead atoms. The Morgan fingerprint density at radius 2 is 2.09 bits per heavy atom. The van der Waals surface area contributed by atoms with Crippen molar-refractivity contribution in [3.63, 3.8) is 0 Å². The second-order valence-corrected chi connectivity index (χ2v) is 6.95. The molecule has 3 nitrogen and oxygen atoms in total. The number of hydrogen-bond donors (Lipinski definition) is 1. The molecule has 0 atom stereocenters. The molecule has 0 saturated heterocycles. The van der Waals surface area contributed by atoms with Gasteiger partial charge in [-0.2, -0.15) is 0 Å². The minimum atomic E-state index is -0.423. The van der Waals surface area contributed by atoms with Crippen LogP contribution in [0, 0.1) is 19.7 Å². The number of thiophene rings is 1. The number of aromatic nitrogens is 1. The number of benzene rings is 1. The van der Waals surface area contributed by atoms with Crippen LogP contribution in [0.1, 0.15) is 20.9 Å². The number of aryl methyl sites for hydroxylation is 2. The summed E-state index contributed by atoms with van der Waals surface area (Å²) in [5, 5.41) is 5.77. The van der Waals surface area contributed by atoms with Crippen LogP contribution in [0.3, 0.4) is 0 Å². The van der Waals surface area contributed by atoms with Gasteiger partial charge < -0.3 is 5.32 Å². The molecule has 2 aromatic heterocycles. The van der Waals surface area contributed by atoms with E-state index in [1.807, 2.05) is 25.3 Å². The van der Waals surface area contributed by atoms with Gasteiger partial charge in [-0.1, -0.05) is 6.07 Å². The molecule has 0 aliphatic heterocycles. The third-order valence-corrected chi connectivity index (χ3v) is 5.26. The fraction of sp³-hybridized carbons (Fsp3) is 0.125. The van der Waals surface area contributed by atoms with Gasteiger partial charge in [-0.25, -0.2) is 9.37 Å². The second-order valence-electron chi connectivity index (χ2n) is 4.84. The average Bonchev–Trinajstić information content (AvgIpc) is 3.06. The number of anilines is 1.